The quantitative estimate of drug-likeness (QED) is 0.341. The van der Waals surface area contributed by atoms with Crippen molar-refractivity contribution in [3.05, 3.63) is 29.8 Å². The SMILES string of the molecule is [NH]c1cccc(C(=O)NN)c1. The molecule has 0 unspecified atom stereocenters. The van der Waals surface area contributed by atoms with Crippen molar-refractivity contribution in [2.24, 2.45) is 5.84 Å². The van der Waals surface area contributed by atoms with E-state index in [-0.39, 0.29) is 5.91 Å². The van der Waals surface area contributed by atoms with Crippen LogP contribution in [0.2, 0.25) is 0 Å². The molecule has 1 amide bonds. The molecular formula is C7H8N3O. The van der Waals surface area contributed by atoms with E-state index in [9.17, 15) is 4.79 Å². The fourth-order valence-electron chi connectivity index (χ4n) is 0.744. The van der Waals surface area contributed by atoms with Gasteiger partial charge in [0, 0.05) is 5.56 Å². The Hall–Kier alpha value is -1.55. The molecule has 0 spiro atoms. The summed E-state index contributed by atoms with van der Waals surface area (Å²) in [7, 11) is 0. The minimum atomic E-state index is -0.376. The monoisotopic (exact) mass is 150 g/mol. The number of nitrogen functional groups attached to an aromatic ring is 1. The molecule has 0 heterocycles. The van der Waals surface area contributed by atoms with E-state index >= 15 is 0 Å². The van der Waals surface area contributed by atoms with Crippen LogP contribution in [0.1, 0.15) is 10.4 Å². The maximum absolute atomic E-state index is 10.8. The molecule has 0 aliphatic rings. The summed E-state index contributed by atoms with van der Waals surface area (Å²) >= 11 is 0. The van der Waals surface area contributed by atoms with Crippen LogP contribution in [-0.2, 0) is 0 Å². The maximum atomic E-state index is 10.8. The molecule has 57 valence electrons. The van der Waals surface area contributed by atoms with E-state index in [1.165, 1.54) is 6.07 Å². The zero-order chi connectivity index (χ0) is 8.27. The van der Waals surface area contributed by atoms with Crippen LogP contribution < -0.4 is 17.0 Å². The summed E-state index contributed by atoms with van der Waals surface area (Å²) in [5.41, 5.74) is 9.87. The zero-order valence-electron chi connectivity index (χ0n) is 5.79. The van der Waals surface area contributed by atoms with Crippen LogP contribution in [0.3, 0.4) is 0 Å². The topological polar surface area (TPSA) is 78.9 Å². The molecule has 0 saturated carbocycles. The first kappa shape index (κ1) is 7.56. The minimum Gasteiger partial charge on any atom is -0.301 e. The van der Waals surface area contributed by atoms with Crippen molar-refractivity contribution >= 4 is 11.6 Å². The van der Waals surface area contributed by atoms with E-state index in [2.05, 4.69) is 0 Å². The molecule has 4 N–H and O–H groups in total. The van der Waals surface area contributed by atoms with Crippen molar-refractivity contribution in [3.8, 4) is 0 Å². The lowest BCUT2D eigenvalue weighted by atomic mass is 10.2. The van der Waals surface area contributed by atoms with Crippen LogP contribution >= 0.6 is 0 Å². The third-order valence-electron chi connectivity index (χ3n) is 1.26. The average Bonchev–Trinajstić information content (AvgIpc) is 2.03. The highest BCUT2D eigenvalue weighted by Gasteiger charge is 2.01. The van der Waals surface area contributed by atoms with Crippen LogP contribution in [0, 0.1) is 0 Å². The fraction of sp³-hybridized carbons (Fsp3) is 0. The van der Waals surface area contributed by atoms with Gasteiger partial charge in [0.15, 0.2) is 0 Å². The summed E-state index contributed by atoms with van der Waals surface area (Å²) < 4.78 is 0. The normalized spacial score (nSPS) is 9.18. The Labute approximate surface area is 64.2 Å². The lowest BCUT2D eigenvalue weighted by Crippen LogP contribution is -2.29. The molecule has 11 heavy (non-hydrogen) atoms. The number of benzene rings is 1. The third kappa shape index (κ3) is 1.68. The summed E-state index contributed by atoms with van der Waals surface area (Å²) in [5, 5.41) is 0. The van der Waals surface area contributed by atoms with Crippen molar-refractivity contribution in [1.29, 1.82) is 0 Å². The van der Waals surface area contributed by atoms with Crippen molar-refractivity contribution in [2.45, 2.75) is 0 Å². The minimum absolute atomic E-state index is 0.297. The van der Waals surface area contributed by atoms with Crippen LogP contribution in [-0.4, -0.2) is 5.91 Å². The molecule has 1 rings (SSSR count). The van der Waals surface area contributed by atoms with Gasteiger partial charge in [-0.05, 0) is 18.2 Å². The Kier molecular flexibility index (Phi) is 2.08. The predicted octanol–water partition coefficient (Wildman–Crippen LogP) is 0.204. The van der Waals surface area contributed by atoms with Crippen molar-refractivity contribution in [1.82, 2.24) is 11.2 Å². The largest absolute Gasteiger partial charge is 0.301 e. The number of rotatable bonds is 1. The first-order valence-electron chi connectivity index (χ1n) is 3.06. The summed E-state index contributed by atoms with van der Waals surface area (Å²) in [6.07, 6.45) is 0. The van der Waals surface area contributed by atoms with E-state index in [0.717, 1.165) is 0 Å². The number of carbonyl (C=O) groups excluding carboxylic acids is 1. The van der Waals surface area contributed by atoms with Gasteiger partial charge in [-0.3, -0.25) is 10.2 Å². The number of hydrazine groups is 1. The average molecular weight is 150 g/mol. The molecule has 0 bridgehead atoms. The number of hydrogen-bond acceptors (Lipinski definition) is 2. The van der Waals surface area contributed by atoms with Gasteiger partial charge in [0.25, 0.3) is 5.91 Å². The summed E-state index contributed by atoms with van der Waals surface area (Å²) in [6.45, 7) is 0. The van der Waals surface area contributed by atoms with Crippen LogP contribution in [0.25, 0.3) is 0 Å². The third-order valence-corrected chi connectivity index (χ3v) is 1.26. The molecule has 4 heteroatoms. The van der Waals surface area contributed by atoms with Gasteiger partial charge in [-0.25, -0.2) is 5.84 Å². The summed E-state index contributed by atoms with van der Waals surface area (Å²) in [6, 6.07) is 6.27. The Morgan fingerprint density at radius 3 is 2.82 bits per heavy atom. The molecule has 0 aliphatic carbocycles. The van der Waals surface area contributed by atoms with Gasteiger partial charge in [-0.2, -0.15) is 0 Å². The highest BCUT2D eigenvalue weighted by molar-refractivity contribution is 5.94. The first-order chi connectivity index (χ1) is 5.24. The number of nitrogens with one attached hydrogen (secondary N) is 2. The molecular weight excluding hydrogens is 142 g/mol. The molecule has 0 atom stereocenters. The molecule has 0 saturated heterocycles. The Morgan fingerprint density at radius 2 is 2.27 bits per heavy atom. The standard InChI is InChI=1S/C7H8N3O/c8-6-3-1-2-5(4-6)7(11)10-9/h1-4,8H,9H2,(H,10,11). The van der Waals surface area contributed by atoms with Gasteiger partial charge in [0.2, 0.25) is 0 Å². The van der Waals surface area contributed by atoms with E-state index in [1.54, 1.807) is 18.2 Å². The molecule has 4 nitrogen and oxygen atoms in total. The van der Waals surface area contributed by atoms with Crippen molar-refractivity contribution in [3.63, 3.8) is 0 Å². The Morgan fingerprint density at radius 1 is 1.55 bits per heavy atom. The number of carbonyl (C=O) groups is 1. The summed E-state index contributed by atoms with van der Waals surface area (Å²) in [5.74, 6) is 4.52. The number of hydrogen-bond donors (Lipinski definition) is 2. The zero-order valence-corrected chi connectivity index (χ0v) is 5.79. The molecule has 0 aromatic heterocycles. The van der Waals surface area contributed by atoms with E-state index in [0.29, 0.717) is 11.3 Å². The van der Waals surface area contributed by atoms with E-state index in [1.807, 2.05) is 5.43 Å². The van der Waals surface area contributed by atoms with E-state index in [4.69, 9.17) is 11.6 Å². The fourth-order valence-corrected chi connectivity index (χ4v) is 0.744. The van der Waals surface area contributed by atoms with Crippen LogP contribution in [0.15, 0.2) is 24.3 Å². The highest BCUT2D eigenvalue weighted by atomic mass is 16.2. The molecule has 0 fully saturated rings. The van der Waals surface area contributed by atoms with Crippen LogP contribution in [0.5, 0.6) is 0 Å². The molecule has 0 aliphatic heterocycles. The molecule has 1 radical (unpaired) electrons. The second kappa shape index (κ2) is 3.03. The van der Waals surface area contributed by atoms with Gasteiger partial charge < -0.3 is 5.73 Å². The van der Waals surface area contributed by atoms with E-state index < -0.39 is 0 Å². The smallest absolute Gasteiger partial charge is 0.265 e. The highest BCUT2D eigenvalue weighted by Crippen LogP contribution is 2.06. The van der Waals surface area contributed by atoms with Crippen molar-refractivity contribution in [2.75, 3.05) is 0 Å². The Balaban J connectivity index is 2.96. The second-order valence-electron chi connectivity index (χ2n) is 2.05. The Bertz CT molecular complexity index is 272. The number of amides is 1. The summed E-state index contributed by atoms with van der Waals surface area (Å²) in [4.78, 5) is 10.8. The lowest BCUT2D eigenvalue weighted by molar-refractivity contribution is 0.0953. The van der Waals surface area contributed by atoms with Gasteiger partial charge >= 0.3 is 0 Å². The van der Waals surface area contributed by atoms with Gasteiger partial charge in [-0.1, -0.05) is 6.07 Å². The maximum Gasteiger partial charge on any atom is 0.265 e. The first-order valence-corrected chi connectivity index (χ1v) is 3.06. The lowest BCUT2D eigenvalue weighted by Gasteiger charge is -1.98. The van der Waals surface area contributed by atoms with Crippen molar-refractivity contribution < 1.29 is 4.79 Å². The van der Waals surface area contributed by atoms with Gasteiger partial charge in [0.1, 0.15) is 0 Å². The number of nitrogens with two attached hydrogens (primary N) is 1. The van der Waals surface area contributed by atoms with Gasteiger partial charge in [0.05, 0.1) is 5.69 Å². The molecule has 1 aromatic rings. The second-order valence-corrected chi connectivity index (χ2v) is 2.05. The molecule has 1 aromatic carbocycles. The van der Waals surface area contributed by atoms with Crippen LogP contribution in [0.4, 0.5) is 5.69 Å². The predicted molar refractivity (Wildman–Crippen MR) is 40.9 cm³/mol. The van der Waals surface area contributed by atoms with Gasteiger partial charge in [-0.15, -0.1) is 0 Å².